The van der Waals surface area contributed by atoms with Gasteiger partial charge in [0, 0.05) is 17.5 Å². The highest BCUT2D eigenvalue weighted by Gasteiger charge is 2.09. The van der Waals surface area contributed by atoms with Crippen molar-refractivity contribution in [3.8, 4) is 11.3 Å². The van der Waals surface area contributed by atoms with Crippen LogP contribution in [0.15, 0.2) is 65.5 Å². The lowest BCUT2D eigenvalue weighted by Crippen LogP contribution is -2.16. The second kappa shape index (κ2) is 5.75. The van der Waals surface area contributed by atoms with Crippen LogP contribution < -0.4 is 5.56 Å². The molecule has 0 aliphatic heterocycles. The predicted molar refractivity (Wildman–Crippen MR) is 84.3 cm³/mol. The molecule has 1 heterocycles. The standard InChI is InChI=1S/C18H16N2O/c1-13-17(15-10-6-3-7-11-15)19-16(20-18(13)21)12-14-8-4-2-5-9-14/h2-11H,12H2,1H3,(H,19,20,21). The van der Waals surface area contributed by atoms with Crippen molar-refractivity contribution in [1.29, 1.82) is 0 Å². The van der Waals surface area contributed by atoms with Crippen molar-refractivity contribution in [3.05, 3.63) is 88.0 Å². The zero-order chi connectivity index (χ0) is 14.7. The molecule has 0 fully saturated rings. The molecule has 0 aliphatic carbocycles. The molecule has 2 aromatic carbocycles. The smallest absolute Gasteiger partial charge is 0.254 e. The monoisotopic (exact) mass is 276 g/mol. The van der Waals surface area contributed by atoms with Gasteiger partial charge in [-0.3, -0.25) is 4.79 Å². The first-order valence-corrected chi connectivity index (χ1v) is 6.93. The van der Waals surface area contributed by atoms with Gasteiger partial charge < -0.3 is 4.98 Å². The molecule has 0 amide bonds. The molecular weight excluding hydrogens is 260 g/mol. The van der Waals surface area contributed by atoms with Crippen LogP contribution in [0.25, 0.3) is 11.3 Å². The van der Waals surface area contributed by atoms with Gasteiger partial charge in [0.05, 0.1) is 5.69 Å². The Labute approximate surface area is 123 Å². The van der Waals surface area contributed by atoms with E-state index in [-0.39, 0.29) is 5.56 Å². The summed E-state index contributed by atoms with van der Waals surface area (Å²) in [5.74, 6) is 0.690. The number of aromatic amines is 1. The minimum absolute atomic E-state index is 0.0743. The Kier molecular flexibility index (Phi) is 3.65. The van der Waals surface area contributed by atoms with E-state index in [4.69, 9.17) is 0 Å². The Hall–Kier alpha value is -2.68. The van der Waals surface area contributed by atoms with Gasteiger partial charge in [-0.15, -0.1) is 0 Å². The van der Waals surface area contributed by atoms with Crippen LogP contribution in [0.2, 0.25) is 0 Å². The van der Waals surface area contributed by atoms with Gasteiger partial charge in [0.25, 0.3) is 5.56 Å². The third-order valence-electron chi connectivity index (χ3n) is 3.46. The molecule has 1 aromatic heterocycles. The van der Waals surface area contributed by atoms with Crippen molar-refractivity contribution in [2.45, 2.75) is 13.3 Å². The average Bonchev–Trinajstić information content (AvgIpc) is 2.52. The number of nitrogens with one attached hydrogen (secondary N) is 1. The molecule has 1 N–H and O–H groups in total. The topological polar surface area (TPSA) is 45.8 Å². The molecule has 0 bridgehead atoms. The maximum absolute atomic E-state index is 12.1. The molecule has 3 nitrogen and oxygen atoms in total. The summed E-state index contributed by atoms with van der Waals surface area (Å²) in [6.45, 7) is 1.81. The zero-order valence-corrected chi connectivity index (χ0v) is 11.8. The van der Waals surface area contributed by atoms with Gasteiger partial charge in [-0.05, 0) is 12.5 Å². The fourth-order valence-corrected chi connectivity index (χ4v) is 2.33. The van der Waals surface area contributed by atoms with E-state index in [2.05, 4.69) is 9.97 Å². The summed E-state index contributed by atoms with van der Waals surface area (Å²) in [7, 11) is 0. The van der Waals surface area contributed by atoms with E-state index >= 15 is 0 Å². The van der Waals surface area contributed by atoms with Gasteiger partial charge in [0.15, 0.2) is 0 Å². The molecule has 104 valence electrons. The lowest BCUT2D eigenvalue weighted by atomic mass is 10.1. The van der Waals surface area contributed by atoms with Crippen molar-refractivity contribution in [1.82, 2.24) is 9.97 Å². The Bertz CT molecular complexity index is 792. The Balaban J connectivity index is 2.04. The normalized spacial score (nSPS) is 10.5. The average molecular weight is 276 g/mol. The Morgan fingerprint density at radius 3 is 2.24 bits per heavy atom. The number of rotatable bonds is 3. The van der Waals surface area contributed by atoms with Crippen molar-refractivity contribution in [2.24, 2.45) is 0 Å². The van der Waals surface area contributed by atoms with Crippen LogP contribution in [0.3, 0.4) is 0 Å². The van der Waals surface area contributed by atoms with E-state index in [1.54, 1.807) is 6.92 Å². The van der Waals surface area contributed by atoms with E-state index in [1.165, 1.54) is 0 Å². The van der Waals surface area contributed by atoms with Crippen LogP contribution in [0.1, 0.15) is 17.0 Å². The highest BCUT2D eigenvalue weighted by Crippen LogP contribution is 2.18. The quantitative estimate of drug-likeness (QED) is 0.797. The van der Waals surface area contributed by atoms with Crippen molar-refractivity contribution >= 4 is 0 Å². The van der Waals surface area contributed by atoms with Crippen molar-refractivity contribution in [2.75, 3.05) is 0 Å². The molecule has 21 heavy (non-hydrogen) atoms. The summed E-state index contributed by atoms with van der Waals surface area (Å²) in [6, 6.07) is 19.8. The molecule has 0 saturated heterocycles. The van der Waals surface area contributed by atoms with E-state index in [0.717, 1.165) is 16.8 Å². The first kappa shape index (κ1) is 13.3. The van der Waals surface area contributed by atoms with Gasteiger partial charge in [-0.2, -0.15) is 0 Å². The molecule has 0 aliphatic rings. The second-order valence-corrected chi connectivity index (χ2v) is 5.01. The minimum atomic E-state index is -0.0743. The number of H-pyrrole nitrogens is 1. The van der Waals surface area contributed by atoms with Gasteiger partial charge >= 0.3 is 0 Å². The number of nitrogens with zero attached hydrogens (tertiary/aromatic N) is 1. The molecule has 0 unspecified atom stereocenters. The SMILES string of the molecule is Cc1c(-c2ccccc2)nc(Cc2ccccc2)[nH]c1=O. The van der Waals surface area contributed by atoms with Gasteiger partial charge in [0.1, 0.15) is 5.82 Å². The Morgan fingerprint density at radius 1 is 0.952 bits per heavy atom. The van der Waals surface area contributed by atoms with E-state index in [9.17, 15) is 4.79 Å². The summed E-state index contributed by atoms with van der Waals surface area (Å²) in [4.78, 5) is 19.6. The van der Waals surface area contributed by atoms with Crippen molar-refractivity contribution < 1.29 is 0 Å². The minimum Gasteiger partial charge on any atom is -0.310 e. The number of aromatic nitrogens is 2. The van der Waals surface area contributed by atoms with E-state index in [0.29, 0.717) is 17.8 Å². The fraction of sp³-hybridized carbons (Fsp3) is 0.111. The molecule has 3 heteroatoms. The molecule has 3 aromatic rings. The Morgan fingerprint density at radius 2 is 1.57 bits per heavy atom. The summed E-state index contributed by atoms with van der Waals surface area (Å²) in [6.07, 6.45) is 0.621. The van der Waals surface area contributed by atoms with Crippen LogP contribution >= 0.6 is 0 Å². The molecular formula is C18H16N2O. The van der Waals surface area contributed by atoms with Crippen LogP contribution in [-0.4, -0.2) is 9.97 Å². The molecule has 0 spiro atoms. The van der Waals surface area contributed by atoms with Crippen LogP contribution in [0.4, 0.5) is 0 Å². The molecule has 0 radical (unpaired) electrons. The van der Waals surface area contributed by atoms with Crippen LogP contribution in [0.5, 0.6) is 0 Å². The van der Waals surface area contributed by atoms with Gasteiger partial charge in [-0.1, -0.05) is 60.7 Å². The largest absolute Gasteiger partial charge is 0.310 e. The number of benzene rings is 2. The molecule has 3 rings (SSSR count). The maximum atomic E-state index is 12.1. The predicted octanol–water partition coefficient (Wildman–Crippen LogP) is 3.34. The highest BCUT2D eigenvalue weighted by molar-refractivity contribution is 5.62. The third kappa shape index (κ3) is 2.92. The third-order valence-corrected chi connectivity index (χ3v) is 3.46. The lowest BCUT2D eigenvalue weighted by molar-refractivity contribution is 0.935. The summed E-state index contributed by atoms with van der Waals surface area (Å²) < 4.78 is 0. The highest BCUT2D eigenvalue weighted by atomic mass is 16.1. The second-order valence-electron chi connectivity index (χ2n) is 5.01. The molecule has 0 atom stereocenters. The fourth-order valence-electron chi connectivity index (χ4n) is 2.33. The maximum Gasteiger partial charge on any atom is 0.254 e. The van der Waals surface area contributed by atoms with E-state index in [1.807, 2.05) is 60.7 Å². The zero-order valence-electron chi connectivity index (χ0n) is 11.8. The summed E-state index contributed by atoms with van der Waals surface area (Å²) in [5.41, 5.74) is 3.43. The molecule has 0 saturated carbocycles. The summed E-state index contributed by atoms with van der Waals surface area (Å²) >= 11 is 0. The van der Waals surface area contributed by atoms with Crippen molar-refractivity contribution in [3.63, 3.8) is 0 Å². The van der Waals surface area contributed by atoms with Gasteiger partial charge in [0.2, 0.25) is 0 Å². The van der Waals surface area contributed by atoms with Gasteiger partial charge in [-0.25, -0.2) is 4.98 Å². The van der Waals surface area contributed by atoms with Crippen LogP contribution in [-0.2, 0) is 6.42 Å². The first-order chi connectivity index (χ1) is 10.2. The lowest BCUT2D eigenvalue weighted by Gasteiger charge is -2.08. The van der Waals surface area contributed by atoms with Crippen LogP contribution in [0, 0.1) is 6.92 Å². The number of hydrogen-bond donors (Lipinski definition) is 1. The van der Waals surface area contributed by atoms with E-state index < -0.39 is 0 Å². The summed E-state index contributed by atoms with van der Waals surface area (Å²) in [5, 5.41) is 0. The number of hydrogen-bond acceptors (Lipinski definition) is 2. The first-order valence-electron chi connectivity index (χ1n) is 6.93.